The van der Waals surface area contributed by atoms with Crippen LogP contribution in [0, 0.1) is 0 Å². The van der Waals surface area contributed by atoms with Crippen LogP contribution in [-0.2, 0) is 6.54 Å². The number of halogens is 2. The van der Waals surface area contributed by atoms with Crippen LogP contribution in [0.25, 0.3) is 0 Å². The summed E-state index contributed by atoms with van der Waals surface area (Å²) in [5.41, 5.74) is 2.19. The molecule has 0 fully saturated rings. The first-order chi connectivity index (χ1) is 9.31. The molecular formula is C16H17Cl2N. The van der Waals surface area contributed by atoms with Crippen LogP contribution in [0.4, 0.5) is 0 Å². The van der Waals surface area contributed by atoms with E-state index in [-0.39, 0.29) is 5.50 Å². The van der Waals surface area contributed by atoms with Gasteiger partial charge in [-0.3, -0.25) is 4.90 Å². The normalized spacial score (nSPS) is 12.6. The van der Waals surface area contributed by atoms with E-state index in [1.807, 2.05) is 48.5 Å². The summed E-state index contributed by atoms with van der Waals surface area (Å²) in [6.07, 6.45) is 0. The monoisotopic (exact) mass is 293 g/mol. The van der Waals surface area contributed by atoms with Gasteiger partial charge in [-0.15, -0.1) is 23.2 Å². The molecule has 0 amide bonds. The molecule has 1 atom stereocenters. The van der Waals surface area contributed by atoms with Crippen LogP contribution in [-0.4, -0.2) is 17.3 Å². The summed E-state index contributed by atoms with van der Waals surface area (Å²) < 4.78 is 0. The van der Waals surface area contributed by atoms with Gasteiger partial charge < -0.3 is 0 Å². The van der Waals surface area contributed by atoms with Crippen molar-refractivity contribution in [2.45, 2.75) is 12.0 Å². The van der Waals surface area contributed by atoms with E-state index >= 15 is 0 Å². The molecule has 0 N–H and O–H groups in total. The largest absolute Gasteiger partial charge is 0.278 e. The Morgan fingerprint density at radius 2 is 1.47 bits per heavy atom. The van der Waals surface area contributed by atoms with Gasteiger partial charge in [0.05, 0.1) is 0 Å². The summed E-state index contributed by atoms with van der Waals surface area (Å²) in [6, 6.07) is 20.4. The molecule has 19 heavy (non-hydrogen) atoms. The Bertz CT molecular complexity index is 473. The SMILES string of the molecule is ClCCN(Cc1ccccc1)[C@H](Cl)c1ccccc1. The Labute approximate surface area is 124 Å². The number of benzene rings is 2. The number of alkyl halides is 2. The fourth-order valence-electron chi connectivity index (χ4n) is 2.02. The summed E-state index contributed by atoms with van der Waals surface area (Å²) in [6.45, 7) is 1.57. The number of hydrogen-bond acceptors (Lipinski definition) is 1. The topological polar surface area (TPSA) is 3.24 Å². The first-order valence-electron chi connectivity index (χ1n) is 6.34. The first-order valence-corrected chi connectivity index (χ1v) is 7.31. The molecule has 0 aromatic heterocycles. The highest BCUT2D eigenvalue weighted by Crippen LogP contribution is 2.26. The number of nitrogens with zero attached hydrogens (tertiary/aromatic N) is 1. The van der Waals surface area contributed by atoms with Crippen molar-refractivity contribution in [1.29, 1.82) is 0 Å². The van der Waals surface area contributed by atoms with E-state index in [9.17, 15) is 0 Å². The maximum absolute atomic E-state index is 6.57. The molecule has 1 nitrogen and oxygen atoms in total. The minimum Gasteiger partial charge on any atom is -0.278 e. The maximum atomic E-state index is 6.57. The van der Waals surface area contributed by atoms with Crippen LogP contribution >= 0.6 is 23.2 Å². The van der Waals surface area contributed by atoms with E-state index in [2.05, 4.69) is 17.0 Å². The molecule has 2 aromatic rings. The Kier molecular flexibility index (Phi) is 5.71. The van der Waals surface area contributed by atoms with E-state index in [0.717, 1.165) is 18.7 Å². The lowest BCUT2D eigenvalue weighted by atomic mass is 10.1. The van der Waals surface area contributed by atoms with E-state index in [4.69, 9.17) is 23.2 Å². The standard InChI is InChI=1S/C16H17Cl2N/c17-11-12-19(13-14-7-3-1-4-8-14)16(18)15-9-5-2-6-10-15/h1-10,16H,11-13H2/t16-/m0/s1. The van der Waals surface area contributed by atoms with E-state index in [1.165, 1.54) is 5.56 Å². The molecule has 0 heterocycles. The van der Waals surface area contributed by atoms with E-state index in [0.29, 0.717) is 5.88 Å². The third-order valence-electron chi connectivity index (χ3n) is 3.00. The first kappa shape index (κ1) is 14.4. The molecule has 0 aliphatic heterocycles. The summed E-state index contributed by atoms with van der Waals surface area (Å²) in [5.74, 6) is 0.572. The van der Waals surface area contributed by atoms with Crippen molar-refractivity contribution in [3.05, 3.63) is 71.8 Å². The minimum absolute atomic E-state index is 0.153. The molecule has 0 unspecified atom stereocenters. The van der Waals surface area contributed by atoms with E-state index in [1.54, 1.807) is 0 Å². The molecule has 2 rings (SSSR count). The van der Waals surface area contributed by atoms with Crippen molar-refractivity contribution in [2.24, 2.45) is 0 Å². The Morgan fingerprint density at radius 1 is 0.895 bits per heavy atom. The highest BCUT2D eigenvalue weighted by atomic mass is 35.5. The molecule has 0 saturated heterocycles. The minimum atomic E-state index is -0.153. The molecule has 0 bridgehead atoms. The number of hydrogen-bond donors (Lipinski definition) is 0. The van der Waals surface area contributed by atoms with Gasteiger partial charge in [-0.05, 0) is 11.1 Å². The lowest BCUT2D eigenvalue weighted by Crippen LogP contribution is -2.27. The van der Waals surface area contributed by atoms with Gasteiger partial charge in [0.1, 0.15) is 5.50 Å². The zero-order chi connectivity index (χ0) is 13.5. The molecule has 2 aromatic carbocycles. The Morgan fingerprint density at radius 3 is 2.05 bits per heavy atom. The fourth-order valence-corrected chi connectivity index (χ4v) is 2.55. The maximum Gasteiger partial charge on any atom is 0.111 e. The van der Waals surface area contributed by atoms with Gasteiger partial charge in [-0.25, -0.2) is 0 Å². The third kappa shape index (κ3) is 4.24. The molecule has 0 aliphatic rings. The summed E-state index contributed by atoms with van der Waals surface area (Å²) in [5, 5.41) is 0. The van der Waals surface area contributed by atoms with Crippen LogP contribution in [0.2, 0.25) is 0 Å². The second-order valence-corrected chi connectivity index (χ2v) is 5.18. The van der Waals surface area contributed by atoms with Crippen LogP contribution < -0.4 is 0 Å². The molecular weight excluding hydrogens is 277 g/mol. The van der Waals surface area contributed by atoms with Gasteiger partial charge in [0, 0.05) is 19.0 Å². The summed E-state index contributed by atoms with van der Waals surface area (Å²) in [7, 11) is 0. The predicted octanol–water partition coefficient (Wildman–Crippen LogP) is 4.67. The van der Waals surface area contributed by atoms with Crippen molar-refractivity contribution < 1.29 is 0 Å². The van der Waals surface area contributed by atoms with Crippen molar-refractivity contribution in [1.82, 2.24) is 4.90 Å². The highest BCUT2D eigenvalue weighted by Gasteiger charge is 2.17. The quantitative estimate of drug-likeness (QED) is 0.553. The Balaban J connectivity index is 2.11. The molecule has 0 spiro atoms. The second kappa shape index (κ2) is 7.54. The van der Waals surface area contributed by atoms with Crippen LogP contribution in [0.3, 0.4) is 0 Å². The predicted molar refractivity (Wildman–Crippen MR) is 82.6 cm³/mol. The molecule has 0 saturated carbocycles. The second-order valence-electron chi connectivity index (χ2n) is 4.39. The van der Waals surface area contributed by atoms with Gasteiger partial charge in [0.2, 0.25) is 0 Å². The van der Waals surface area contributed by atoms with Crippen LogP contribution in [0.15, 0.2) is 60.7 Å². The van der Waals surface area contributed by atoms with E-state index < -0.39 is 0 Å². The average molecular weight is 294 g/mol. The third-order valence-corrected chi connectivity index (χ3v) is 3.69. The zero-order valence-electron chi connectivity index (χ0n) is 10.7. The van der Waals surface area contributed by atoms with Gasteiger partial charge in [0.15, 0.2) is 0 Å². The van der Waals surface area contributed by atoms with Gasteiger partial charge in [-0.1, -0.05) is 60.7 Å². The average Bonchev–Trinajstić information content (AvgIpc) is 2.48. The highest BCUT2D eigenvalue weighted by molar-refractivity contribution is 6.20. The zero-order valence-corrected chi connectivity index (χ0v) is 12.2. The van der Waals surface area contributed by atoms with Crippen LogP contribution in [0.1, 0.15) is 16.6 Å². The lowest BCUT2D eigenvalue weighted by Gasteiger charge is -2.27. The fraction of sp³-hybridized carbons (Fsp3) is 0.250. The van der Waals surface area contributed by atoms with Crippen molar-refractivity contribution in [3.8, 4) is 0 Å². The van der Waals surface area contributed by atoms with Gasteiger partial charge >= 0.3 is 0 Å². The molecule has 3 heteroatoms. The summed E-state index contributed by atoms with van der Waals surface area (Å²) in [4.78, 5) is 2.18. The van der Waals surface area contributed by atoms with Crippen molar-refractivity contribution in [3.63, 3.8) is 0 Å². The van der Waals surface area contributed by atoms with Gasteiger partial charge in [0.25, 0.3) is 0 Å². The lowest BCUT2D eigenvalue weighted by molar-refractivity contribution is 0.260. The van der Waals surface area contributed by atoms with Crippen LogP contribution in [0.5, 0.6) is 0 Å². The number of rotatable bonds is 6. The van der Waals surface area contributed by atoms with Crippen molar-refractivity contribution in [2.75, 3.05) is 12.4 Å². The summed E-state index contributed by atoms with van der Waals surface area (Å²) >= 11 is 12.5. The molecule has 0 radical (unpaired) electrons. The smallest absolute Gasteiger partial charge is 0.111 e. The molecule has 100 valence electrons. The molecule has 0 aliphatic carbocycles. The van der Waals surface area contributed by atoms with Crippen molar-refractivity contribution >= 4 is 23.2 Å². The Hall–Kier alpha value is -1.02. The van der Waals surface area contributed by atoms with Gasteiger partial charge in [-0.2, -0.15) is 0 Å².